The minimum Gasteiger partial charge on any atom is -0.302 e. The summed E-state index contributed by atoms with van der Waals surface area (Å²) in [6.45, 7) is 4.30. The fourth-order valence-electron chi connectivity index (χ4n) is 1.76. The molecule has 0 fully saturated rings. The van der Waals surface area contributed by atoms with Gasteiger partial charge in [-0.25, -0.2) is 0 Å². The number of hydrogen-bond acceptors (Lipinski definition) is 1. The first kappa shape index (κ1) is 10.2. The van der Waals surface area contributed by atoms with Crippen LogP contribution in [0.25, 0.3) is 10.8 Å². The van der Waals surface area contributed by atoms with E-state index in [-0.39, 0.29) is 0 Å². The van der Waals surface area contributed by atoms with E-state index < -0.39 is 0 Å². The summed E-state index contributed by atoms with van der Waals surface area (Å²) in [5.41, 5.74) is 1.39. The van der Waals surface area contributed by atoms with Crippen molar-refractivity contribution in [2.45, 2.75) is 13.5 Å². The van der Waals surface area contributed by atoms with E-state index in [2.05, 4.69) is 61.3 Å². The Morgan fingerprint density at radius 1 is 1.00 bits per heavy atom. The van der Waals surface area contributed by atoms with Gasteiger partial charge in [0.05, 0.1) is 0 Å². The smallest absolute Gasteiger partial charge is 0.0230 e. The number of hydrogen-bond donors (Lipinski definition) is 0. The lowest BCUT2D eigenvalue weighted by Gasteiger charge is -2.14. The zero-order chi connectivity index (χ0) is 10.7. The van der Waals surface area contributed by atoms with Crippen LogP contribution in [0.2, 0.25) is 0 Å². The molecule has 2 aromatic rings. The van der Waals surface area contributed by atoms with E-state index in [9.17, 15) is 0 Å². The lowest BCUT2D eigenvalue weighted by molar-refractivity contribution is 0.346. The third-order valence-corrected chi connectivity index (χ3v) is 2.81. The SMILES string of the molecule is CCN(C)Cc1ccc2ccccc2c1. The summed E-state index contributed by atoms with van der Waals surface area (Å²) < 4.78 is 0. The fourth-order valence-corrected chi connectivity index (χ4v) is 1.76. The van der Waals surface area contributed by atoms with Crippen LogP contribution in [-0.2, 0) is 6.54 Å². The Balaban J connectivity index is 2.30. The Labute approximate surface area is 91.3 Å². The van der Waals surface area contributed by atoms with Crippen LogP contribution in [0, 0.1) is 0 Å². The van der Waals surface area contributed by atoms with Gasteiger partial charge in [-0.15, -0.1) is 0 Å². The number of nitrogens with zero attached hydrogens (tertiary/aromatic N) is 1. The van der Waals surface area contributed by atoms with Gasteiger partial charge in [0.15, 0.2) is 0 Å². The van der Waals surface area contributed by atoms with Crippen LogP contribution in [0.3, 0.4) is 0 Å². The van der Waals surface area contributed by atoms with Crippen molar-refractivity contribution in [3.05, 3.63) is 48.0 Å². The molecule has 0 aliphatic carbocycles. The van der Waals surface area contributed by atoms with E-state index in [1.54, 1.807) is 0 Å². The molecule has 0 amide bonds. The molecule has 78 valence electrons. The van der Waals surface area contributed by atoms with Crippen molar-refractivity contribution in [3.8, 4) is 0 Å². The molecule has 0 saturated carbocycles. The Morgan fingerprint density at radius 2 is 1.73 bits per heavy atom. The molecule has 0 aromatic heterocycles. The molecule has 0 saturated heterocycles. The van der Waals surface area contributed by atoms with Crippen LogP contribution in [0.15, 0.2) is 42.5 Å². The highest BCUT2D eigenvalue weighted by Gasteiger charge is 1.98. The van der Waals surface area contributed by atoms with Crippen LogP contribution in [0.5, 0.6) is 0 Å². The Hall–Kier alpha value is -1.34. The predicted molar refractivity (Wildman–Crippen MR) is 66.0 cm³/mol. The quantitative estimate of drug-likeness (QED) is 0.733. The first-order valence-electron chi connectivity index (χ1n) is 5.46. The summed E-state index contributed by atoms with van der Waals surface area (Å²) in [4.78, 5) is 2.31. The first-order chi connectivity index (χ1) is 7.29. The molecule has 0 heterocycles. The molecule has 0 radical (unpaired) electrons. The number of fused-ring (bicyclic) bond motifs is 1. The Kier molecular flexibility index (Phi) is 3.02. The molecule has 2 aromatic carbocycles. The zero-order valence-corrected chi connectivity index (χ0v) is 9.40. The standard InChI is InChI=1S/C14H17N/c1-3-15(2)11-12-8-9-13-6-4-5-7-14(13)10-12/h4-10H,3,11H2,1-2H3. The van der Waals surface area contributed by atoms with Crippen molar-refractivity contribution in [1.82, 2.24) is 4.90 Å². The molecule has 0 atom stereocenters. The maximum Gasteiger partial charge on any atom is 0.0230 e. The average Bonchev–Trinajstić information content (AvgIpc) is 2.29. The minimum atomic E-state index is 1.03. The second-order valence-electron chi connectivity index (χ2n) is 4.01. The topological polar surface area (TPSA) is 3.24 Å². The molecule has 0 bridgehead atoms. The predicted octanol–water partition coefficient (Wildman–Crippen LogP) is 3.29. The van der Waals surface area contributed by atoms with Gasteiger partial charge >= 0.3 is 0 Å². The van der Waals surface area contributed by atoms with E-state index in [4.69, 9.17) is 0 Å². The Bertz CT molecular complexity index is 448. The van der Waals surface area contributed by atoms with E-state index in [0.29, 0.717) is 0 Å². The van der Waals surface area contributed by atoms with Gasteiger partial charge in [-0.05, 0) is 36.0 Å². The van der Waals surface area contributed by atoms with Crippen molar-refractivity contribution in [1.29, 1.82) is 0 Å². The molecular weight excluding hydrogens is 182 g/mol. The molecule has 2 rings (SSSR count). The maximum atomic E-state index is 2.31. The van der Waals surface area contributed by atoms with E-state index in [1.165, 1.54) is 16.3 Å². The van der Waals surface area contributed by atoms with Gasteiger partial charge in [0.1, 0.15) is 0 Å². The van der Waals surface area contributed by atoms with Crippen molar-refractivity contribution in [3.63, 3.8) is 0 Å². The van der Waals surface area contributed by atoms with Gasteiger partial charge in [-0.2, -0.15) is 0 Å². The van der Waals surface area contributed by atoms with Gasteiger partial charge in [-0.1, -0.05) is 43.3 Å². The summed E-state index contributed by atoms with van der Waals surface area (Å²) in [5.74, 6) is 0. The van der Waals surface area contributed by atoms with E-state index >= 15 is 0 Å². The molecule has 0 spiro atoms. The van der Waals surface area contributed by atoms with Crippen molar-refractivity contribution in [2.75, 3.05) is 13.6 Å². The van der Waals surface area contributed by atoms with Crippen LogP contribution in [0.1, 0.15) is 12.5 Å². The van der Waals surface area contributed by atoms with Gasteiger partial charge in [0.2, 0.25) is 0 Å². The molecule has 0 aliphatic heterocycles. The van der Waals surface area contributed by atoms with Crippen molar-refractivity contribution in [2.24, 2.45) is 0 Å². The molecule has 0 unspecified atom stereocenters. The normalized spacial score (nSPS) is 11.1. The molecule has 0 N–H and O–H groups in total. The number of rotatable bonds is 3. The highest BCUT2D eigenvalue weighted by atomic mass is 15.1. The monoisotopic (exact) mass is 199 g/mol. The maximum absolute atomic E-state index is 2.31. The van der Waals surface area contributed by atoms with Crippen LogP contribution < -0.4 is 0 Å². The molecule has 1 nitrogen and oxygen atoms in total. The average molecular weight is 199 g/mol. The molecular formula is C14H17N. The summed E-state index contributed by atoms with van der Waals surface area (Å²) in [7, 11) is 2.15. The van der Waals surface area contributed by atoms with Crippen molar-refractivity contribution >= 4 is 10.8 Å². The van der Waals surface area contributed by atoms with E-state index in [0.717, 1.165) is 13.1 Å². The second kappa shape index (κ2) is 4.45. The highest BCUT2D eigenvalue weighted by molar-refractivity contribution is 5.82. The highest BCUT2D eigenvalue weighted by Crippen LogP contribution is 2.16. The lowest BCUT2D eigenvalue weighted by Crippen LogP contribution is -2.16. The van der Waals surface area contributed by atoms with Crippen LogP contribution in [-0.4, -0.2) is 18.5 Å². The summed E-state index contributed by atoms with van der Waals surface area (Å²) >= 11 is 0. The lowest BCUT2D eigenvalue weighted by atomic mass is 10.1. The summed E-state index contributed by atoms with van der Waals surface area (Å²) in [6.07, 6.45) is 0. The summed E-state index contributed by atoms with van der Waals surface area (Å²) in [6, 6.07) is 15.2. The third-order valence-electron chi connectivity index (χ3n) is 2.81. The van der Waals surface area contributed by atoms with Crippen LogP contribution >= 0.6 is 0 Å². The van der Waals surface area contributed by atoms with Crippen molar-refractivity contribution < 1.29 is 0 Å². The fraction of sp³-hybridized carbons (Fsp3) is 0.286. The minimum absolute atomic E-state index is 1.03. The molecule has 0 aliphatic rings. The van der Waals surface area contributed by atoms with Gasteiger partial charge in [0, 0.05) is 6.54 Å². The Morgan fingerprint density at radius 3 is 2.47 bits per heavy atom. The third kappa shape index (κ3) is 2.37. The summed E-state index contributed by atoms with van der Waals surface area (Å²) in [5, 5.41) is 2.65. The second-order valence-corrected chi connectivity index (χ2v) is 4.01. The van der Waals surface area contributed by atoms with Gasteiger partial charge < -0.3 is 4.90 Å². The zero-order valence-electron chi connectivity index (χ0n) is 9.40. The number of benzene rings is 2. The van der Waals surface area contributed by atoms with Crippen LogP contribution in [0.4, 0.5) is 0 Å². The molecule has 15 heavy (non-hydrogen) atoms. The van der Waals surface area contributed by atoms with Gasteiger partial charge in [-0.3, -0.25) is 0 Å². The largest absolute Gasteiger partial charge is 0.302 e. The van der Waals surface area contributed by atoms with Gasteiger partial charge in [0.25, 0.3) is 0 Å². The first-order valence-corrected chi connectivity index (χ1v) is 5.46. The molecule has 1 heteroatoms. The van der Waals surface area contributed by atoms with E-state index in [1.807, 2.05) is 0 Å².